The van der Waals surface area contributed by atoms with Gasteiger partial charge in [0.1, 0.15) is 11.6 Å². The molecule has 0 bridgehead atoms. The van der Waals surface area contributed by atoms with Gasteiger partial charge in [-0.15, -0.1) is 0 Å². The van der Waals surface area contributed by atoms with E-state index in [1.807, 2.05) is 31.2 Å². The van der Waals surface area contributed by atoms with Crippen LogP contribution in [-0.4, -0.2) is 46.6 Å². The predicted molar refractivity (Wildman–Crippen MR) is 120 cm³/mol. The minimum Gasteiger partial charge on any atom is -0.494 e. The average Bonchev–Trinajstić information content (AvgIpc) is 3.01. The van der Waals surface area contributed by atoms with Crippen molar-refractivity contribution in [1.29, 1.82) is 5.41 Å². The second-order valence-electron chi connectivity index (χ2n) is 7.31. The molecule has 0 atom stereocenters. The highest BCUT2D eigenvalue weighted by Crippen LogP contribution is 2.35. The van der Waals surface area contributed by atoms with E-state index in [1.54, 1.807) is 6.08 Å². The van der Waals surface area contributed by atoms with Crippen LogP contribution in [-0.2, 0) is 9.59 Å². The minimum absolute atomic E-state index is 0.0642. The molecule has 30 heavy (non-hydrogen) atoms. The molecule has 1 N–H and O–H groups in total. The van der Waals surface area contributed by atoms with Crippen LogP contribution in [0.25, 0.3) is 17.0 Å². The summed E-state index contributed by atoms with van der Waals surface area (Å²) in [5.41, 5.74) is 1.68. The Kier molecular flexibility index (Phi) is 5.76. The van der Waals surface area contributed by atoms with E-state index in [-0.39, 0.29) is 5.17 Å². The van der Waals surface area contributed by atoms with Gasteiger partial charge in [-0.3, -0.25) is 15.0 Å². The Balaban J connectivity index is 1.82. The molecule has 0 aliphatic carbocycles. The van der Waals surface area contributed by atoms with Crippen molar-refractivity contribution in [3.63, 3.8) is 0 Å². The van der Waals surface area contributed by atoms with E-state index < -0.39 is 11.8 Å². The molecule has 2 fully saturated rings. The Morgan fingerprint density at radius 1 is 1.27 bits per heavy atom. The molecule has 1 aromatic heterocycles. The third-order valence-electron chi connectivity index (χ3n) is 5.19. The van der Waals surface area contributed by atoms with E-state index in [0.29, 0.717) is 11.5 Å². The predicted octanol–water partition coefficient (Wildman–Crippen LogP) is 4.02. The number of carbonyl (C=O) groups is 2. The van der Waals surface area contributed by atoms with Gasteiger partial charge >= 0.3 is 0 Å². The highest BCUT2D eigenvalue weighted by Gasteiger charge is 2.35. The van der Waals surface area contributed by atoms with Crippen molar-refractivity contribution in [2.45, 2.75) is 33.1 Å². The molecule has 3 heterocycles. The van der Waals surface area contributed by atoms with Crippen LogP contribution in [0.3, 0.4) is 0 Å². The monoisotopic (exact) mass is 424 g/mol. The number of imide groups is 1. The topological polar surface area (TPSA) is 86.6 Å². The van der Waals surface area contributed by atoms with E-state index in [4.69, 9.17) is 15.1 Å². The van der Waals surface area contributed by atoms with Crippen LogP contribution in [0.4, 0.5) is 5.82 Å². The molecule has 2 saturated heterocycles. The zero-order valence-corrected chi connectivity index (χ0v) is 17.9. The molecule has 8 heteroatoms. The smallest absolute Gasteiger partial charge is 0.273 e. The molecule has 4 rings (SSSR count). The van der Waals surface area contributed by atoms with Crippen LogP contribution >= 0.6 is 11.8 Å². The summed E-state index contributed by atoms with van der Waals surface area (Å²) in [6.07, 6.45) is 5.18. The lowest BCUT2D eigenvalue weighted by molar-refractivity contribution is -0.135. The van der Waals surface area contributed by atoms with Gasteiger partial charge in [0.15, 0.2) is 5.17 Å². The largest absolute Gasteiger partial charge is 0.494 e. The van der Waals surface area contributed by atoms with Gasteiger partial charge in [-0.2, -0.15) is 0 Å². The van der Waals surface area contributed by atoms with Crippen molar-refractivity contribution < 1.29 is 14.3 Å². The number of benzene rings is 1. The van der Waals surface area contributed by atoms with Crippen LogP contribution in [0.15, 0.2) is 29.2 Å². The van der Waals surface area contributed by atoms with Gasteiger partial charge in [0.25, 0.3) is 5.91 Å². The summed E-state index contributed by atoms with van der Waals surface area (Å²) in [5.74, 6) is 0.701. The lowest BCUT2D eigenvalue weighted by Crippen LogP contribution is -2.33. The van der Waals surface area contributed by atoms with Crippen molar-refractivity contribution in [2.75, 3.05) is 24.6 Å². The lowest BCUT2D eigenvalue weighted by atomic mass is 10.1. The highest BCUT2D eigenvalue weighted by molar-refractivity contribution is 8.18. The fraction of sp³-hybridized carbons (Fsp3) is 0.364. The Hall–Kier alpha value is -2.87. The Bertz CT molecular complexity index is 1060. The van der Waals surface area contributed by atoms with Crippen molar-refractivity contribution >= 4 is 51.5 Å². The number of ether oxygens (including phenoxy) is 1. The second kappa shape index (κ2) is 8.47. The molecule has 0 spiro atoms. The number of nitrogens with zero attached hydrogens (tertiary/aromatic N) is 3. The third kappa shape index (κ3) is 3.92. The Morgan fingerprint density at radius 2 is 2.03 bits per heavy atom. The summed E-state index contributed by atoms with van der Waals surface area (Å²) < 4.78 is 5.62. The SMILES string of the molecule is CCOc1ccc2nc(N3CCCCC3)c(C=C3SC(=N)N(C(C)=O)C3=O)cc2c1. The van der Waals surface area contributed by atoms with Gasteiger partial charge in [0.2, 0.25) is 5.91 Å². The quantitative estimate of drug-likeness (QED) is 0.746. The van der Waals surface area contributed by atoms with Gasteiger partial charge in [0.05, 0.1) is 17.0 Å². The number of anilines is 1. The molecule has 2 aliphatic heterocycles. The average molecular weight is 425 g/mol. The van der Waals surface area contributed by atoms with Crippen molar-refractivity contribution in [2.24, 2.45) is 0 Å². The molecule has 156 valence electrons. The normalized spacial score (nSPS) is 18.5. The van der Waals surface area contributed by atoms with Gasteiger partial charge in [-0.25, -0.2) is 9.88 Å². The fourth-order valence-corrected chi connectivity index (χ4v) is 4.67. The van der Waals surface area contributed by atoms with Crippen molar-refractivity contribution in [1.82, 2.24) is 9.88 Å². The molecule has 0 radical (unpaired) electrons. The van der Waals surface area contributed by atoms with Crippen LogP contribution in [0.5, 0.6) is 5.75 Å². The maximum absolute atomic E-state index is 12.7. The molecule has 2 aromatic rings. The van der Waals surface area contributed by atoms with E-state index >= 15 is 0 Å². The number of fused-ring (bicyclic) bond motifs is 1. The highest BCUT2D eigenvalue weighted by atomic mass is 32.2. The van der Waals surface area contributed by atoms with Gasteiger partial charge in [-0.1, -0.05) is 0 Å². The molecule has 1 aromatic carbocycles. The summed E-state index contributed by atoms with van der Waals surface area (Å²) >= 11 is 1.01. The van der Waals surface area contributed by atoms with E-state index in [0.717, 1.165) is 70.6 Å². The van der Waals surface area contributed by atoms with Gasteiger partial charge < -0.3 is 9.64 Å². The number of carbonyl (C=O) groups excluding carboxylic acids is 2. The summed E-state index contributed by atoms with van der Waals surface area (Å²) in [4.78, 5) is 32.8. The summed E-state index contributed by atoms with van der Waals surface area (Å²) in [6.45, 7) is 5.65. The zero-order chi connectivity index (χ0) is 21.3. The number of thioether (sulfide) groups is 1. The molecule has 0 unspecified atom stereocenters. The first kappa shape index (κ1) is 20.4. The minimum atomic E-state index is -0.453. The first-order valence-electron chi connectivity index (χ1n) is 10.1. The maximum Gasteiger partial charge on any atom is 0.273 e. The van der Waals surface area contributed by atoms with Gasteiger partial charge in [-0.05, 0) is 68.3 Å². The number of nitrogens with one attached hydrogen (secondary N) is 1. The molecular weight excluding hydrogens is 400 g/mol. The number of pyridine rings is 1. The molecule has 0 saturated carbocycles. The summed E-state index contributed by atoms with van der Waals surface area (Å²) in [5, 5.41) is 8.84. The molecule has 2 aliphatic rings. The van der Waals surface area contributed by atoms with Crippen LogP contribution in [0, 0.1) is 5.41 Å². The third-order valence-corrected chi connectivity index (χ3v) is 6.07. The lowest BCUT2D eigenvalue weighted by Gasteiger charge is -2.29. The first-order valence-corrected chi connectivity index (χ1v) is 10.9. The number of aromatic nitrogens is 1. The fourth-order valence-electron chi connectivity index (χ4n) is 3.80. The van der Waals surface area contributed by atoms with E-state index in [2.05, 4.69) is 4.90 Å². The van der Waals surface area contributed by atoms with Crippen LogP contribution in [0.2, 0.25) is 0 Å². The molecule has 2 amide bonds. The number of hydrogen-bond donors (Lipinski definition) is 1. The number of rotatable bonds is 4. The second-order valence-corrected chi connectivity index (χ2v) is 8.34. The van der Waals surface area contributed by atoms with Crippen molar-refractivity contribution in [3.05, 3.63) is 34.7 Å². The molecular formula is C22H24N4O3S. The standard InChI is InChI=1S/C22H24N4O3S/c1-3-29-17-7-8-18-15(12-17)11-16(20(24-18)25-9-5-4-6-10-25)13-19-21(28)26(14(2)27)22(23)30-19/h7-8,11-13,23H,3-6,9-10H2,1-2H3. The van der Waals surface area contributed by atoms with E-state index in [1.165, 1.54) is 13.3 Å². The summed E-state index contributed by atoms with van der Waals surface area (Å²) in [7, 11) is 0. The first-order chi connectivity index (χ1) is 14.5. The zero-order valence-electron chi connectivity index (χ0n) is 17.1. The molecule has 7 nitrogen and oxygen atoms in total. The Morgan fingerprint density at radius 3 is 2.70 bits per heavy atom. The maximum atomic E-state index is 12.7. The van der Waals surface area contributed by atoms with Gasteiger partial charge in [0, 0.05) is 31.0 Å². The van der Waals surface area contributed by atoms with E-state index in [9.17, 15) is 9.59 Å². The number of hydrogen-bond acceptors (Lipinski definition) is 7. The summed E-state index contributed by atoms with van der Waals surface area (Å²) in [6, 6.07) is 7.82. The van der Waals surface area contributed by atoms with Crippen LogP contribution < -0.4 is 9.64 Å². The Labute approximate surface area is 179 Å². The van der Waals surface area contributed by atoms with Crippen LogP contribution in [0.1, 0.15) is 38.7 Å². The number of piperidine rings is 1. The number of amides is 2. The van der Waals surface area contributed by atoms with Crippen molar-refractivity contribution in [3.8, 4) is 5.75 Å². The number of amidine groups is 1.